The maximum absolute atomic E-state index is 13.3. The molecule has 0 saturated heterocycles. The van der Waals surface area contributed by atoms with Crippen LogP contribution in [0.2, 0.25) is 5.02 Å². The number of amides is 1. The van der Waals surface area contributed by atoms with Crippen LogP contribution in [-0.2, 0) is 0 Å². The van der Waals surface area contributed by atoms with Gasteiger partial charge in [-0.2, -0.15) is 0 Å². The number of halogens is 3. The summed E-state index contributed by atoms with van der Waals surface area (Å²) in [7, 11) is 0. The molecular formula is C13H8ClF2NO. The summed E-state index contributed by atoms with van der Waals surface area (Å²) in [6.07, 6.45) is 0. The third-order valence-electron chi connectivity index (χ3n) is 2.30. The van der Waals surface area contributed by atoms with Crippen LogP contribution in [0.3, 0.4) is 0 Å². The Morgan fingerprint density at radius 1 is 1.11 bits per heavy atom. The van der Waals surface area contributed by atoms with Gasteiger partial charge in [-0.25, -0.2) is 8.78 Å². The maximum Gasteiger partial charge on any atom is 0.257 e. The first-order valence-corrected chi connectivity index (χ1v) is 5.46. The smallest absolute Gasteiger partial charge is 0.257 e. The standard InChI is InChI=1S/C13H8ClF2NO/c14-10-4-2-1-3-9(10)13(18)17-12-6-5-8(15)7-11(12)16/h1-7H,(H,17,18). The monoisotopic (exact) mass is 267 g/mol. The van der Waals surface area contributed by atoms with Gasteiger partial charge in [0.05, 0.1) is 16.3 Å². The first-order chi connectivity index (χ1) is 8.58. The van der Waals surface area contributed by atoms with Crippen molar-refractivity contribution in [2.45, 2.75) is 0 Å². The zero-order valence-corrected chi connectivity index (χ0v) is 9.84. The molecule has 18 heavy (non-hydrogen) atoms. The summed E-state index contributed by atoms with van der Waals surface area (Å²) in [5.41, 5.74) is 0.129. The van der Waals surface area contributed by atoms with Crippen LogP contribution in [0.25, 0.3) is 0 Å². The van der Waals surface area contributed by atoms with E-state index in [0.29, 0.717) is 6.07 Å². The third kappa shape index (κ3) is 2.65. The number of benzene rings is 2. The van der Waals surface area contributed by atoms with Gasteiger partial charge in [-0.1, -0.05) is 23.7 Å². The van der Waals surface area contributed by atoms with E-state index in [1.165, 1.54) is 6.07 Å². The lowest BCUT2D eigenvalue weighted by Crippen LogP contribution is -2.13. The zero-order valence-electron chi connectivity index (χ0n) is 9.08. The van der Waals surface area contributed by atoms with E-state index in [1.54, 1.807) is 18.2 Å². The molecule has 0 unspecified atom stereocenters. The van der Waals surface area contributed by atoms with Crippen molar-refractivity contribution in [3.05, 3.63) is 64.7 Å². The second-order valence-electron chi connectivity index (χ2n) is 3.56. The Bertz CT molecular complexity index is 601. The summed E-state index contributed by atoms with van der Waals surface area (Å²) in [4.78, 5) is 11.8. The lowest BCUT2D eigenvalue weighted by molar-refractivity contribution is 0.102. The lowest BCUT2D eigenvalue weighted by Gasteiger charge is -2.07. The van der Waals surface area contributed by atoms with Crippen molar-refractivity contribution in [1.82, 2.24) is 0 Å². The molecule has 2 aromatic carbocycles. The minimum Gasteiger partial charge on any atom is -0.319 e. The molecule has 0 aromatic heterocycles. The van der Waals surface area contributed by atoms with Gasteiger partial charge in [-0.05, 0) is 24.3 Å². The first-order valence-electron chi connectivity index (χ1n) is 5.09. The molecule has 0 aliphatic carbocycles. The third-order valence-corrected chi connectivity index (χ3v) is 2.63. The first kappa shape index (κ1) is 12.5. The van der Waals surface area contributed by atoms with Crippen molar-refractivity contribution in [3.8, 4) is 0 Å². The molecule has 0 radical (unpaired) electrons. The van der Waals surface area contributed by atoms with Crippen LogP contribution in [-0.4, -0.2) is 5.91 Å². The van der Waals surface area contributed by atoms with Crippen molar-refractivity contribution >= 4 is 23.2 Å². The van der Waals surface area contributed by atoms with Crippen LogP contribution < -0.4 is 5.32 Å². The number of hydrogen-bond donors (Lipinski definition) is 1. The Morgan fingerprint density at radius 2 is 1.83 bits per heavy atom. The topological polar surface area (TPSA) is 29.1 Å². The van der Waals surface area contributed by atoms with Crippen molar-refractivity contribution in [2.75, 3.05) is 5.32 Å². The van der Waals surface area contributed by atoms with Gasteiger partial charge in [0.15, 0.2) is 0 Å². The van der Waals surface area contributed by atoms with Gasteiger partial charge in [-0.3, -0.25) is 4.79 Å². The largest absolute Gasteiger partial charge is 0.319 e. The van der Waals surface area contributed by atoms with E-state index in [-0.39, 0.29) is 16.3 Å². The van der Waals surface area contributed by atoms with E-state index in [1.807, 2.05) is 0 Å². The fraction of sp³-hybridized carbons (Fsp3) is 0. The minimum absolute atomic E-state index is 0.0960. The highest BCUT2D eigenvalue weighted by Gasteiger charge is 2.12. The molecule has 2 nitrogen and oxygen atoms in total. The molecule has 1 amide bonds. The molecule has 0 heterocycles. The molecule has 2 aromatic rings. The predicted octanol–water partition coefficient (Wildman–Crippen LogP) is 3.87. The predicted molar refractivity (Wildman–Crippen MR) is 65.8 cm³/mol. The molecule has 5 heteroatoms. The average molecular weight is 268 g/mol. The van der Waals surface area contributed by atoms with Crippen molar-refractivity contribution in [3.63, 3.8) is 0 Å². The minimum atomic E-state index is -0.838. The van der Waals surface area contributed by atoms with E-state index in [2.05, 4.69) is 5.32 Å². The summed E-state index contributed by atoms with van der Waals surface area (Å²) in [6.45, 7) is 0. The van der Waals surface area contributed by atoms with Gasteiger partial charge in [-0.15, -0.1) is 0 Å². The summed E-state index contributed by atoms with van der Waals surface area (Å²) < 4.78 is 26.0. The van der Waals surface area contributed by atoms with Gasteiger partial charge in [0, 0.05) is 6.07 Å². The molecule has 0 bridgehead atoms. The van der Waals surface area contributed by atoms with Gasteiger partial charge in [0.25, 0.3) is 5.91 Å². The molecule has 0 spiro atoms. The quantitative estimate of drug-likeness (QED) is 0.879. The van der Waals surface area contributed by atoms with Crippen LogP contribution in [0.15, 0.2) is 42.5 Å². The molecule has 2 rings (SSSR count). The van der Waals surface area contributed by atoms with Gasteiger partial charge >= 0.3 is 0 Å². The van der Waals surface area contributed by atoms with E-state index in [4.69, 9.17) is 11.6 Å². The second-order valence-corrected chi connectivity index (χ2v) is 3.97. The van der Waals surface area contributed by atoms with E-state index < -0.39 is 17.5 Å². The van der Waals surface area contributed by atoms with Crippen LogP contribution in [0.1, 0.15) is 10.4 Å². The Balaban J connectivity index is 2.24. The normalized spacial score (nSPS) is 10.2. The number of nitrogens with one attached hydrogen (secondary N) is 1. The summed E-state index contributed by atoms with van der Waals surface area (Å²) in [5.74, 6) is -2.09. The van der Waals surface area contributed by atoms with E-state index >= 15 is 0 Å². The molecule has 1 N–H and O–H groups in total. The Hall–Kier alpha value is -1.94. The lowest BCUT2D eigenvalue weighted by atomic mass is 10.2. The zero-order chi connectivity index (χ0) is 13.1. The van der Waals surface area contributed by atoms with Crippen LogP contribution >= 0.6 is 11.6 Å². The molecule has 0 saturated carbocycles. The maximum atomic E-state index is 13.3. The number of carbonyl (C=O) groups is 1. The van der Waals surface area contributed by atoms with Crippen LogP contribution in [0.4, 0.5) is 14.5 Å². The van der Waals surface area contributed by atoms with Gasteiger partial charge < -0.3 is 5.32 Å². The molecule has 92 valence electrons. The highest BCUT2D eigenvalue weighted by Crippen LogP contribution is 2.19. The van der Waals surface area contributed by atoms with E-state index in [9.17, 15) is 13.6 Å². The number of rotatable bonds is 2. The number of hydrogen-bond acceptors (Lipinski definition) is 1. The summed E-state index contributed by atoms with van der Waals surface area (Å²) >= 11 is 5.84. The summed E-state index contributed by atoms with van der Waals surface area (Å²) in [5, 5.41) is 2.59. The Morgan fingerprint density at radius 3 is 2.50 bits per heavy atom. The second kappa shape index (κ2) is 5.14. The average Bonchev–Trinajstić information content (AvgIpc) is 2.33. The molecule has 0 aliphatic rings. The van der Waals surface area contributed by atoms with Crippen molar-refractivity contribution in [1.29, 1.82) is 0 Å². The highest BCUT2D eigenvalue weighted by molar-refractivity contribution is 6.34. The van der Waals surface area contributed by atoms with E-state index in [0.717, 1.165) is 12.1 Å². The summed E-state index contributed by atoms with van der Waals surface area (Å²) in [6, 6.07) is 9.29. The van der Waals surface area contributed by atoms with Crippen LogP contribution in [0.5, 0.6) is 0 Å². The fourth-order valence-electron chi connectivity index (χ4n) is 1.43. The Labute approximate surface area is 107 Å². The highest BCUT2D eigenvalue weighted by atomic mass is 35.5. The fourth-order valence-corrected chi connectivity index (χ4v) is 1.65. The molecule has 0 atom stereocenters. The van der Waals surface area contributed by atoms with Gasteiger partial charge in [0.1, 0.15) is 11.6 Å². The van der Waals surface area contributed by atoms with Gasteiger partial charge in [0.2, 0.25) is 0 Å². The Kier molecular flexibility index (Phi) is 3.58. The number of carbonyl (C=O) groups excluding carboxylic acids is 1. The number of anilines is 1. The SMILES string of the molecule is O=C(Nc1ccc(F)cc1F)c1ccccc1Cl. The van der Waals surface area contributed by atoms with Crippen molar-refractivity contribution in [2.24, 2.45) is 0 Å². The molecule has 0 aliphatic heterocycles. The van der Waals surface area contributed by atoms with Crippen molar-refractivity contribution < 1.29 is 13.6 Å². The molecular weight excluding hydrogens is 260 g/mol. The van der Waals surface area contributed by atoms with Crippen LogP contribution in [0, 0.1) is 11.6 Å². The molecule has 0 fully saturated rings.